The molecule has 1 aliphatic heterocycles. The van der Waals surface area contributed by atoms with Crippen LogP contribution in [0.5, 0.6) is 11.5 Å². The second kappa shape index (κ2) is 8.31. The van der Waals surface area contributed by atoms with Crippen LogP contribution in [0.3, 0.4) is 0 Å². The molecule has 1 aromatic heterocycles. The molecule has 8 nitrogen and oxygen atoms in total. The molecule has 9 heteroatoms. The molecule has 160 valence electrons. The zero-order valence-electron chi connectivity index (χ0n) is 17.2. The molecule has 2 amide bonds. The molecule has 2 N–H and O–H groups in total. The number of anilines is 2. The van der Waals surface area contributed by atoms with Crippen LogP contribution in [0.1, 0.15) is 18.0 Å². The van der Waals surface area contributed by atoms with E-state index in [-0.39, 0.29) is 18.2 Å². The second-order valence-corrected chi connectivity index (χ2v) is 7.54. The monoisotopic (exact) mass is 440 g/mol. The van der Waals surface area contributed by atoms with Crippen molar-refractivity contribution in [2.24, 2.45) is 0 Å². The normalized spacial score (nSPS) is 15.1. The van der Waals surface area contributed by atoms with Crippen molar-refractivity contribution in [3.63, 3.8) is 0 Å². The molecule has 31 heavy (non-hydrogen) atoms. The Balaban J connectivity index is 1.66. The molecule has 0 saturated carbocycles. The van der Waals surface area contributed by atoms with E-state index < -0.39 is 6.04 Å². The van der Waals surface area contributed by atoms with E-state index in [4.69, 9.17) is 21.1 Å². The molecule has 2 aromatic carbocycles. The molecule has 0 radical (unpaired) electrons. The van der Waals surface area contributed by atoms with Gasteiger partial charge in [0.15, 0.2) is 11.5 Å². The Kier molecular flexibility index (Phi) is 5.56. The molecule has 0 saturated heterocycles. The Hall–Kier alpha value is -3.52. The number of methoxy groups -OCH3 is 2. The third kappa shape index (κ3) is 3.94. The zero-order valence-corrected chi connectivity index (χ0v) is 18.0. The number of amides is 2. The van der Waals surface area contributed by atoms with Crippen LogP contribution in [0.15, 0.2) is 42.5 Å². The van der Waals surface area contributed by atoms with Crippen LogP contribution in [-0.4, -0.2) is 35.8 Å². The number of nitrogens with one attached hydrogen (secondary N) is 2. The number of fused-ring (bicyclic) bond motifs is 1. The smallest absolute Gasteiger partial charge is 0.249 e. The van der Waals surface area contributed by atoms with E-state index in [0.717, 1.165) is 11.1 Å². The van der Waals surface area contributed by atoms with E-state index in [0.29, 0.717) is 33.7 Å². The highest BCUT2D eigenvalue weighted by molar-refractivity contribution is 6.30. The fourth-order valence-electron chi connectivity index (χ4n) is 3.56. The lowest BCUT2D eigenvalue weighted by Crippen LogP contribution is -2.35. The summed E-state index contributed by atoms with van der Waals surface area (Å²) in [6.45, 7) is 1.86. The Bertz CT molecular complexity index is 1160. The summed E-state index contributed by atoms with van der Waals surface area (Å²) < 4.78 is 12.1. The van der Waals surface area contributed by atoms with Gasteiger partial charge < -0.3 is 20.1 Å². The second-order valence-electron chi connectivity index (χ2n) is 7.10. The van der Waals surface area contributed by atoms with Gasteiger partial charge in [-0.1, -0.05) is 23.7 Å². The van der Waals surface area contributed by atoms with Gasteiger partial charge in [-0.25, -0.2) is 4.68 Å². The third-order valence-electron chi connectivity index (χ3n) is 5.15. The molecule has 1 atom stereocenters. The van der Waals surface area contributed by atoms with Crippen molar-refractivity contribution < 1.29 is 19.1 Å². The average Bonchev–Trinajstić information content (AvgIpc) is 3.10. The molecule has 4 rings (SSSR count). The summed E-state index contributed by atoms with van der Waals surface area (Å²) in [6.07, 6.45) is -0.0205. The maximum Gasteiger partial charge on any atom is 0.249 e. The summed E-state index contributed by atoms with van der Waals surface area (Å²) in [4.78, 5) is 25.4. The van der Waals surface area contributed by atoms with E-state index in [9.17, 15) is 9.59 Å². The maximum atomic E-state index is 13.1. The number of carbonyl (C=O) groups is 2. The van der Waals surface area contributed by atoms with Crippen LogP contribution < -0.4 is 20.1 Å². The molecule has 1 aliphatic rings. The van der Waals surface area contributed by atoms with Gasteiger partial charge in [0.1, 0.15) is 11.9 Å². The first-order valence-corrected chi connectivity index (χ1v) is 9.97. The minimum absolute atomic E-state index is 0.0205. The molecule has 2 heterocycles. The van der Waals surface area contributed by atoms with Gasteiger partial charge in [-0.2, -0.15) is 5.10 Å². The van der Waals surface area contributed by atoms with Crippen LogP contribution >= 0.6 is 11.6 Å². The van der Waals surface area contributed by atoms with Gasteiger partial charge in [0, 0.05) is 27.9 Å². The van der Waals surface area contributed by atoms with Crippen LogP contribution in [0.25, 0.3) is 11.3 Å². The van der Waals surface area contributed by atoms with Crippen molar-refractivity contribution in [2.45, 2.75) is 19.4 Å². The van der Waals surface area contributed by atoms with Crippen molar-refractivity contribution in [3.8, 4) is 22.8 Å². The quantitative estimate of drug-likeness (QED) is 0.624. The largest absolute Gasteiger partial charge is 0.493 e. The fourth-order valence-corrected chi connectivity index (χ4v) is 3.69. The molecular weight excluding hydrogens is 420 g/mol. The number of carbonyl (C=O) groups excluding carboxylic acids is 2. The Labute approximate surface area is 184 Å². The summed E-state index contributed by atoms with van der Waals surface area (Å²) in [6, 6.07) is 11.5. The first kappa shape index (κ1) is 20.7. The molecule has 3 aromatic rings. The highest BCUT2D eigenvalue weighted by Gasteiger charge is 2.34. The standard InChI is InChI=1S/C22H21ClN4O4/c1-12-20(13-4-6-14(23)7-5-13)26-27-16(11-19(28)25-21(12)27)22(29)24-15-8-9-17(30-2)18(10-15)31-3/h4-10,16H,11H2,1-3H3,(H,24,29)(H,25,28). The summed E-state index contributed by atoms with van der Waals surface area (Å²) in [7, 11) is 3.06. The molecule has 0 spiro atoms. The lowest BCUT2D eigenvalue weighted by molar-refractivity contribution is -0.125. The molecule has 0 bridgehead atoms. The van der Waals surface area contributed by atoms with Crippen molar-refractivity contribution >= 4 is 34.9 Å². The fraction of sp³-hybridized carbons (Fsp3) is 0.227. The Morgan fingerprint density at radius 2 is 1.87 bits per heavy atom. The molecule has 0 fully saturated rings. The maximum absolute atomic E-state index is 13.1. The number of hydrogen-bond acceptors (Lipinski definition) is 5. The number of aromatic nitrogens is 2. The van der Waals surface area contributed by atoms with Gasteiger partial charge in [-0.15, -0.1) is 0 Å². The van der Waals surface area contributed by atoms with Crippen molar-refractivity contribution in [3.05, 3.63) is 53.1 Å². The Morgan fingerprint density at radius 1 is 1.16 bits per heavy atom. The summed E-state index contributed by atoms with van der Waals surface area (Å²) in [5.74, 6) is 0.949. The number of ether oxygens (including phenoxy) is 2. The van der Waals surface area contributed by atoms with Crippen LogP contribution in [0.4, 0.5) is 11.5 Å². The number of hydrogen-bond donors (Lipinski definition) is 2. The number of nitrogens with zero attached hydrogens (tertiary/aromatic N) is 2. The number of rotatable bonds is 5. The van der Waals surface area contributed by atoms with Gasteiger partial charge in [0.05, 0.1) is 26.3 Å². The Morgan fingerprint density at radius 3 is 2.55 bits per heavy atom. The van der Waals surface area contributed by atoms with E-state index >= 15 is 0 Å². The van der Waals surface area contributed by atoms with Crippen molar-refractivity contribution in [1.29, 1.82) is 0 Å². The van der Waals surface area contributed by atoms with Crippen LogP contribution in [0, 0.1) is 6.92 Å². The van der Waals surface area contributed by atoms with Crippen molar-refractivity contribution in [1.82, 2.24) is 9.78 Å². The lowest BCUT2D eigenvalue weighted by atomic mass is 10.1. The molecule has 0 aliphatic carbocycles. The summed E-state index contributed by atoms with van der Waals surface area (Å²) >= 11 is 5.99. The summed E-state index contributed by atoms with van der Waals surface area (Å²) in [5.41, 5.74) is 2.83. The average molecular weight is 441 g/mol. The zero-order chi connectivity index (χ0) is 22.1. The van der Waals surface area contributed by atoms with Crippen molar-refractivity contribution in [2.75, 3.05) is 24.9 Å². The minimum atomic E-state index is -0.795. The topological polar surface area (TPSA) is 94.5 Å². The number of benzene rings is 2. The van der Waals surface area contributed by atoms with Gasteiger partial charge in [-0.3, -0.25) is 9.59 Å². The third-order valence-corrected chi connectivity index (χ3v) is 5.40. The van der Waals surface area contributed by atoms with Gasteiger partial charge >= 0.3 is 0 Å². The number of halogens is 1. The van der Waals surface area contributed by atoms with E-state index in [1.807, 2.05) is 19.1 Å². The van der Waals surface area contributed by atoms with Gasteiger partial charge in [0.25, 0.3) is 0 Å². The van der Waals surface area contributed by atoms with Gasteiger partial charge in [0.2, 0.25) is 11.8 Å². The first-order chi connectivity index (χ1) is 14.9. The summed E-state index contributed by atoms with van der Waals surface area (Å²) in [5, 5.41) is 10.9. The predicted octanol–water partition coefficient (Wildman–Crippen LogP) is 4.05. The lowest BCUT2D eigenvalue weighted by Gasteiger charge is -2.24. The highest BCUT2D eigenvalue weighted by Crippen LogP contribution is 2.35. The molecule has 1 unspecified atom stereocenters. The van der Waals surface area contributed by atoms with Crippen LogP contribution in [-0.2, 0) is 9.59 Å². The van der Waals surface area contributed by atoms with E-state index in [2.05, 4.69) is 15.7 Å². The SMILES string of the molecule is COc1ccc(NC(=O)C2CC(=O)Nc3c(C)c(-c4ccc(Cl)cc4)nn32)cc1OC. The van der Waals surface area contributed by atoms with Gasteiger partial charge in [-0.05, 0) is 31.2 Å². The minimum Gasteiger partial charge on any atom is -0.493 e. The highest BCUT2D eigenvalue weighted by atomic mass is 35.5. The predicted molar refractivity (Wildman–Crippen MR) is 118 cm³/mol. The van der Waals surface area contributed by atoms with E-state index in [1.165, 1.54) is 14.2 Å². The van der Waals surface area contributed by atoms with Crippen LogP contribution in [0.2, 0.25) is 5.02 Å². The first-order valence-electron chi connectivity index (χ1n) is 9.59. The molecular formula is C22H21ClN4O4. The van der Waals surface area contributed by atoms with E-state index in [1.54, 1.807) is 35.0 Å².